The van der Waals surface area contributed by atoms with Crippen molar-refractivity contribution in [2.45, 2.75) is 44.6 Å². The van der Waals surface area contributed by atoms with Crippen molar-refractivity contribution >= 4 is 5.97 Å². The van der Waals surface area contributed by atoms with Gasteiger partial charge in [-0.25, -0.2) is 0 Å². The molecular weight excluding hydrogens is 204 g/mol. The molecule has 0 unspecified atom stereocenters. The Hall–Kier alpha value is -0.690. The Morgan fingerprint density at radius 3 is 2.40 bits per heavy atom. The molecule has 2 N–H and O–H groups in total. The molecule has 0 radical (unpaired) electrons. The van der Waals surface area contributed by atoms with Gasteiger partial charge in [0.1, 0.15) is 18.3 Å². The Morgan fingerprint density at radius 1 is 1.33 bits per heavy atom. The molecule has 0 aromatic carbocycles. The molecule has 1 fully saturated rings. The molecule has 0 saturated carbocycles. The highest BCUT2D eigenvalue weighted by Crippen LogP contribution is 2.23. The number of hydrogen-bond acceptors (Lipinski definition) is 6. The maximum Gasteiger partial charge on any atom is 0.305 e. The minimum atomic E-state index is -1.19. The van der Waals surface area contributed by atoms with Gasteiger partial charge in [-0.15, -0.1) is 0 Å². The monoisotopic (exact) mass is 220 g/mol. The van der Waals surface area contributed by atoms with E-state index in [9.17, 15) is 15.0 Å². The third-order valence-corrected chi connectivity index (χ3v) is 2.34. The zero-order valence-corrected chi connectivity index (χ0v) is 8.91. The highest BCUT2D eigenvalue weighted by atomic mass is 16.7. The van der Waals surface area contributed by atoms with Crippen LogP contribution in [-0.4, -0.2) is 54.0 Å². The Morgan fingerprint density at radius 2 is 1.93 bits per heavy atom. The molecule has 0 aromatic rings. The van der Waals surface area contributed by atoms with E-state index in [0.717, 1.165) is 0 Å². The molecule has 0 aliphatic carbocycles. The number of carbonyl (C=O) groups excluding carboxylic acids is 1. The second kappa shape index (κ2) is 4.89. The summed E-state index contributed by atoms with van der Waals surface area (Å²) in [4.78, 5) is 10.7. The van der Waals surface area contributed by atoms with Crippen LogP contribution in [0.15, 0.2) is 0 Å². The van der Waals surface area contributed by atoms with Gasteiger partial charge in [0, 0.05) is 14.0 Å². The molecule has 1 saturated heterocycles. The summed E-state index contributed by atoms with van der Waals surface area (Å²) in [5.41, 5.74) is 0. The molecule has 6 nitrogen and oxygen atoms in total. The minimum Gasteiger partial charge on any atom is -0.433 e. The quantitative estimate of drug-likeness (QED) is 0.582. The van der Waals surface area contributed by atoms with E-state index < -0.39 is 36.7 Å². The van der Waals surface area contributed by atoms with Gasteiger partial charge in [-0.05, 0) is 6.92 Å². The van der Waals surface area contributed by atoms with Crippen LogP contribution in [0.4, 0.5) is 0 Å². The predicted molar refractivity (Wildman–Crippen MR) is 48.9 cm³/mol. The van der Waals surface area contributed by atoms with E-state index in [-0.39, 0.29) is 0 Å². The van der Waals surface area contributed by atoms with E-state index in [4.69, 9.17) is 14.2 Å². The van der Waals surface area contributed by atoms with Crippen LogP contribution in [0.1, 0.15) is 13.8 Å². The summed E-state index contributed by atoms with van der Waals surface area (Å²) >= 11 is 0. The fourth-order valence-electron chi connectivity index (χ4n) is 1.54. The molecule has 1 heterocycles. The Kier molecular flexibility index (Phi) is 4.04. The number of aliphatic hydroxyl groups excluding tert-OH is 2. The average Bonchev–Trinajstić information content (AvgIpc) is 2.14. The highest BCUT2D eigenvalue weighted by molar-refractivity contribution is 5.66. The van der Waals surface area contributed by atoms with Crippen molar-refractivity contribution in [3.63, 3.8) is 0 Å². The average molecular weight is 220 g/mol. The molecule has 0 bridgehead atoms. The Bertz CT molecular complexity index is 231. The number of aliphatic hydroxyl groups is 2. The molecule has 88 valence electrons. The van der Waals surface area contributed by atoms with Crippen LogP contribution < -0.4 is 0 Å². The number of rotatable bonds is 2. The lowest BCUT2D eigenvalue weighted by atomic mass is 10.00. The van der Waals surface area contributed by atoms with Crippen LogP contribution in [-0.2, 0) is 19.0 Å². The van der Waals surface area contributed by atoms with Crippen molar-refractivity contribution in [1.82, 2.24) is 0 Å². The fraction of sp³-hybridized carbons (Fsp3) is 0.889. The topological polar surface area (TPSA) is 85.2 Å². The number of methoxy groups -OCH3 is 1. The minimum absolute atomic E-state index is 0.558. The lowest BCUT2D eigenvalue weighted by molar-refractivity contribution is -0.287. The first-order valence-corrected chi connectivity index (χ1v) is 4.69. The summed E-state index contributed by atoms with van der Waals surface area (Å²) in [6.45, 7) is 2.83. The van der Waals surface area contributed by atoms with Gasteiger partial charge >= 0.3 is 5.97 Å². The molecule has 5 atom stereocenters. The standard InChI is InChI=1S/C9H16O6/c1-4-6(11)8(13-3)7(12)9(14-4)15-5(2)10/h4,6-9,11-12H,1-3H3/t4-,6-,7-,8+,9-/m1/s1. The smallest absolute Gasteiger partial charge is 0.305 e. The van der Waals surface area contributed by atoms with Crippen LogP contribution >= 0.6 is 0 Å². The third-order valence-electron chi connectivity index (χ3n) is 2.34. The molecule has 1 aliphatic heterocycles. The van der Waals surface area contributed by atoms with Crippen molar-refractivity contribution in [3.05, 3.63) is 0 Å². The van der Waals surface area contributed by atoms with E-state index in [2.05, 4.69) is 0 Å². The summed E-state index contributed by atoms with van der Waals surface area (Å²) < 4.78 is 14.8. The highest BCUT2D eigenvalue weighted by Gasteiger charge is 2.44. The summed E-state index contributed by atoms with van der Waals surface area (Å²) in [6.07, 6.45) is -4.62. The van der Waals surface area contributed by atoms with Crippen LogP contribution in [0.3, 0.4) is 0 Å². The van der Waals surface area contributed by atoms with Gasteiger partial charge in [0.25, 0.3) is 0 Å². The van der Waals surface area contributed by atoms with Crippen LogP contribution in [0.2, 0.25) is 0 Å². The molecule has 1 rings (SSSR count). The van der Waals surface area contributed by atoms with Crippen LogP contribution in [0, 0.1) is 0 Å². The predicted octanol–water partition coefficient (Wildman–Crippen LogP) is -0.969. The molecule has 0 spiro atoms. The Balaban J connectivity index is 2.71. The van der Waals surface area contributed by atoms with E-state index in [1.54, 1.807) is 6.92 Å². The summed E-state index contributed by atoms with van der Waals surface area (Å²) in [7, 11) is 1.36. The number of hydrogen-bond donors (Lipinski definition) is 2. The van der Waals surface area contributed by atoms with E-state index >= 15 is 0 Å². The molecule has 15 heavy (non-hydrogen) atoms. The summed E-state index contributed by atoms with van der Waals surface area (Å²) in [6, 6.07) is 0. The summed E-state index contributed by atoms with van der Waals surface area (Å²) in [5.74, 6) is -0.558. The van der Waals surface area contributed by atoms with Crippen molar-refractivity contribution in [2.24, 2.45) is 0 Å². The van der Waals surface area contributed by atoms with Gasteiger partial charge in [-0.3, -0.25) is 4.79 Å². The third kappa shape index (κ3) is 2.66. The molecular formula is C9H16O6. The maximum absolute atomic E-state index is 10.7. The number of esters is 1. The lowest BCUT2D eigenvalue weighted by Gasteiger charge is -2.39. The first kappa shape index (κ1) is 12.4. The summed E-state index contributed by atoms with van der Waals surface area (Å²) in [5, 5.41) is 19.3. The maximum atomic E-state index is 10.7. The van der Waals surface area contributed by atoms with Gasteiger partial charge < -0.3 is 24.4 Å². The van der Waals surface area contributed by atoms with Crippen LogP contribution in [0.5, 0.6) is 0 Å². The van der Waals surface area contributed by atoms with Gasteiger partial charge in [0.05, 0.1) is 6.10 Å². The lowest BCUT2D eigenvalue weighted by Crippen LogP contribution is -2.58. The fourth-order valence-corrected chi connectivity index (χ4v) is 1.54. The molecule has 1 aliphatic rings. The zero-order valence-electron chi connectivity index (χ0n) is 8.91. The van der Waals surface area contributed by atoms with Crippen molar-refractivity contribution in [3.8, 4) is 0 Å². The first-order chi connectivity index (χ1) is 6.97. The second-order valence-electron chi connectivity index (χ2n) is 3.50. The number of carbonyl (C=O) groups is 1. The van der Waals surface area contributed by atoms with Crippen molar-refractivity contribution in [1.29, 1.82) is 0 Å². The van der Waals surface area contributed by atoms with E-state index in [1.165, 1.54) is 14.0 Å². The van der Waals surface area contributed by atoms with Gasteiger partial charge in [0.2, 0.25) is 6.29 Å². The number of ether oxygens (including phenoxy) is 3. The SMILES string of the molecule is CO[C@@H]1[C@@H](O)[C@@H](OC(C)=O)O[C@H](C)[C@H]1O. The van der Waals surface area contributed by atoms with E-state index in [1.807, 2.05) is 0 Å². The largest absolute Gasteiger partial charge is 0.433 e. The van der Waals surface area contributed by atoms with Crippen molar-refractivity contribution in [2.75, 3.05) is 7.11 Å². The molecule has 0 aromatic heterocycles. The zero-order chi connectivity index (χ0) is 11.6. The van der Waals surface area contributed by atoms with E-state index in [0.29, 0.717) is 0 Å². The Labute approximate surface area is 87.7 Å². The van der Waals surface area contributed by atoms with Gasteiger partial charge in [-0.2, -0.15) is 0 Å². The van der Waals surface area contributed by atoms with Gasteiger partial charge in [0.15, 0.2) is 0 Å². The van der Waals surface area contributed by atoms with Gasteiger partial charge in [-0.1, -0.05) is 0 Å². The normalized spacial score (nSPS) is 41.3. The second-order valence-corrected chi connectivity index (χ2v) is 3.50. The molecule has 0 amide bonds. The van der Waals surface area contributed by atoms with Crippen molar-refractivity contribution < 1.29 is 29.2 Å². The molecule has 6 heteroatoms. The van der Waals surface area contributed by atoms with Crippen LogP contribution in [0.25, 0.3) is 0 Å². The first-order valence-electron chi connectivity index (χ1n) is 4.69.